The van der Waals surface area contributed by atoms with Gasteiger partial charge in [-0.15, -0.1) is 0 Å². The second-order valence-electron chi connectivity index (χ2n) is 6.74. The smallest absolute Gasteiger partial charge is 0.191 e. The van der Waals surface area contributed by atoms with Crippen LogP contribution in [0.15, 0.2) is 47.5 Å². The van der Waals surface area contributed by atoms with Gasteiger partial charge >= 0.3 is 0 Å². The number of guanidine groups is 1. The van der Waals surface area contributed by atoms with Gasteiger partial charge < -0.3 is 20.3 Å². The van der Waals surface area contributed by atoms with Crippen molar-refractivity contribution in [3.8, 4) is 5.75 Å². The van der Waals surface area contributed by atoms with Crippen molar-refractivity contribution in [2.45, 2.75) is 18.9 Å². The summed E-state index contributed by atoms with van der Waals surface area (Å²) in [5.74, 6) is 0.478. The molecule has 0 bridgehead atoms. The van der Waals surface area contributed by atoms with Crippen LogP contribution in [0.3, 0.4) is 0 Å². The lowest BCUT2D eigenvalue weighted by molar-refractivity contribution is 0.414. The Balaban J connectivity index is 1.48. The van der Waals surface area contributed by atoms with E-state index in [1.165, 1.54) is 23.8 Å². The highest BCUT2D eigenvalue weighted by Crippen LogP contribution is 2.26. The second-order valence-corrected chi connectivity index (χ2v) is 6.74. The van der Waals surface area contributed by atoms with Gasteiger partial charge in [-0.2, -0.15) is 0 Å². The van der Waals surface area contributed by atoms with Crippen LogP contribution in [0.4, 0.5) is 14.5 Å². The number of hydrogen-bond acceptors (Lipinski definition) is 3. The topological polar surface area (TPSA) is 48.9 Å². The fraction of sp³-hybridized carbons (Fsp3) is 0.381. The van der Waals surface area contributed by atoms with E-state index in [1.807, 2.05) is 24.3 Å². The number of rotatable bonds is 6. The molecule has 28 heavy (non-hydrogen) atoms. The number of nitrogens with one attached hydrogen (secondary N) is 2. The van der Waals surface area contributed by atoms with Gasteiger partial charge in [-0.25, -0.2) is 8.78 Å². The molecule has 5 nitrogen and oxygen atoms in total. The molecule has 0 radical (unpaired) electrons. The Morgan fingerprint density at radius 2 is 1.89 bits per heavy atom. The molecule has 7 heteroatoms. The van der Waals surface area contributed by atoms with E-state index in [2.05, 4.69) is 15.6 Å². The maximum Gasteiger partial charge on any atom is 0.191 e. The van der Waals surface area contributed by atoms with E-state index >= 15 is 0 Å². The van der Waals surface area contributed by atoms with Crippen molar-refractivity contribution < 1.29 is 13.5 Å². The second kappa shape index (κ2) is 9.39. The fourth-order valence-corrected chi connectivity index (χ4v) is 3.38. The third-order valence-electron chi connectivity index (χ3n) is 4.87. The summed E-state index contributed by atoms with van der Waals surface area (Å²) in [5, 5.41) is 6.63. The first-order valence-electron chi connectivity index (χ1n) is 9.39. The lowest BCUT2D eigenvalue weighted by Gasteiger charge is -2.21. The predicted molar refractivity (Wildman–Crippen MR) is 108 cm³/mol. The van der Waals surface area contributed by atoms with Gasteiger partial charge in [0.2, 0.25) is 0 Å². The zero-order valence-electron chi connectivity index (χ0n) is 16.2. The Bertz CT molecular complexity index is 790. The van der Waals surface area contributed by atoms with E-state index in [1.54, 1.807) is 19.1 Å². The molecule has 1 saturated heterocycles. The Morgan fingerprint density at radius 3 is 2.54 bits per heavy atom. The number of benzene rings is 2. The highest BCUT2D eigenvalue weighted by molar-refractivity contribution is 5.80. The number of halogens is 2. The van der Waals surface area contributed by atoms with Crippen molar-refractivity contribution in [2.24, 2.45) is 4.99 Å². The highest BCUT2D eigenvalue weighted by Gasteiger charge is 2.27. The van der Waals surface area contributed by atoms with E-state index in [0.717, 1.165) is 25.1 Å². The van der Waals surface area contributed by atoms with E-state index in [9.17, 15) is 8.78 Å². The zero-order valence-corrected chi connectivity index (χ0v) is 16.2. The minimum absolute atomic E-state index is 0.0502. The van der Waals surface area contributed by atoms with Crippen LogP contribution in [0.5, 0.6) is 5.75 Å². The fourth-order valence-electron chi connectivity index (χ4n) is 3.38. The summed E-state index contributed by atoms with van der Waals surface area (Å²) in [4.78, 5) is 5.99. The van der Waals surface area contributed by atoms with Gasteiger partial charge in [0, 0.05) is 32.7 Å². The largest absolute Gasteiger partial charge is 0.497 e. The minimum Gasteiger partial charge on any atom is -0.497 e. The predicted octanol–water partition coefficient (Wildman–Crippen LogP) is 2.96. The van der Waals surface area contributed by atoms with Gasteiger partial charge in [-0.3, -0.25) is 4.99 Å². The van der Waals surface area contributed by atoms with E-state index < -0.39 is 11.6 Å². The van der Waals surface area contributed by atoms with Crippen molar-refractivity contribution in [1.29, 1.82) is 0 Å². The summed E-state index contributed by atoms with van der Waals surface area (Å²) >= 11 is 0. The monoisotopic (exact) mass is 388 g/mol. The molecule has 1 fully saturated rings. The van der Waals surface area contributed by atoms with Crippen molar-refractivity contribution in [3.05, 3.63) is 59.7 Å². The van der Waals surface area contributed by atoms with Gasteiger partial charge in [0.25, 0.3) is 0 Å². The van der Waals surface area contributed by atoms with Crippen LogP contribution in [-0.2, 0) is 6.42 Å². The first-order chi connectivity index (χ1) is 13.6. The molecule has 0 aromatic heterocycles. The van der Waals surface area contributed by atoms with Gasteiger partial charge in [0.05, 0.1) is 7.11 Å². The molecule has 0 amide bonds. The van der Waals surface area contributed by atoms with Crippen LogP contribution in [0.25, 0.3) is 0 Å². The van der Waals surface area contributed by atoms with Crippen LogP contribution >= 0.6 is 0 Å². The summed E-state index contributed by atoms with van der Waals surface area (Å²) < 4.78 is 33.1. The van der Waals surface area contributed by atoms with E-state index in [4.69, 9.17) is 4.74 Å². The van der Waals surface area contributed by atoms with Gasteiger partial charge in [-0.1, -0.05) is 18.2 Å². The Kier molecular flexibility index (Phi) is 6.68. The highest BCUT2D eigenvalue weighted by atomic mass is 19.1. The van der Waals surface area contributed by atoms with Crippen molar-refractivity contribution >= 4 is 11.6 Å². The standard InChI is InChI=1S/C21H26F2N4O/c1-24-21(25-12-10-15-6-8-17(28-2)9-7-15)26-16-11-13-27(14-16)20-18(22)4-3-5-19(20)23/h3-9,16H,10-14H2,1-2H3,(H2,24,25,26). The third-order valence-corrected chi connectivity index (χ3v) is 4.87. The third kappa shape index (κ3) is 4.91. The zero-order chi connectivity index (χ0) is 19.9. The van der Waals surface area contributed by atoms with Gasteiger partial charge in [0.15, 0.2) is 5.96 Å². The number of ether oxygens (including phenoxy) is 1. The molecule has 1 heterocycles. The first-order valence-corrected chi connectivity index (χ1v) is 9.39. The molecule has 2 aromatic carbocycles. The van der Waals surface area contributed by atoms with Crippen LogP contribution < -0.4 is 20.3 Å². The van der Waals surface area contributed by atoms with Crippen LogP contribution in [0.2, 0.25) is 0 Å². The lowest BCUT2D eigenvalue weighted by atomic mass is 10.1. The number of anilines is 1. The molecule has 3 rings (SSSR count). The quantitative estimate of drug-likeness (QED) is 0.590. The van der Waals surface area contributed by atoms with Crippen LogP contribution in [-0.4, -0.2) is 45.8 Å². The molecule has 0 aliphatic carbocycles. The number of para-hydroxylation sites is 1. The Hall–Kier alpha value is -2.83. The molecule has 1 atom stereocenters. The first kappa shape index (κ1) is 19.9. The summed E-state index contributed by atoms with van der Waals surface area (Å²) in [7, 11) is 3.36. The summed E-state index contributed by atoms with van der Waals surface area (Å²) in [5.41, 5.74) is 1.25. The van der Waals surface area contributed by atoms with Crippen molar-refractivity contribution in [3.63, 3.8) is 0 Å². The van der Waals surface area contributed by atoms with E-state index in [-0.39, 0.29) is 11.7 Å². The number of hydrogen-bond donors (Lipinski definition) is 2. The number of aliphatic imine (C=N–C) groups is 1. The van der Waals surface area contributed by atoms with Gasteiger partial charge in [0.1, 0.15) is 23.1 Å². The molecule has 1 aliphatic heterocycles. The minimum atomic E-state index is -0.525. The molecule has 2 N–H and O–H groups in total. The molecule has 1 aliphatic rings. The summed E-state index contributed by atoms with van der Waals surface area (Å²) in [6.45, 7) is 1.85. The average Bonchev–Trinajstić information content (AvgIpc) is 3.15. The molecule has 150 valence electrons. The Morgan fingerprint density at radius 1 is 1.18 bits per heavy atom. The van der Waals surface area contributed by atoms with Crippen LogP contribution in [0.1, 0.15) is 12.0 Å². The molecular weight excluding hydrogens is 362 g/mol. The van der Waals surface area contributed by atoms with E-state index in [0.29, 0.717) is 19.0 Å². The van der Waals surface area contributed by atoms with Crippen molar-refractivity contribution in [2.75, 3.05) is 38.7 Å². The van der Waals surface area contributed by atoms with Gasteiger partial charge in [-0.05, 0) is 42.7 Å². The summed E-state index contributed by atoms with van der Waals surface area (Å²) in [6, 6.07) is 12.0. The normalized spacial score (nSPS) is 16.9. The lowest BCUT2D eigenvalue weighted by Crippen LogP contribution is -2.45. The molecule has 2 aromatic rings. The molecule has 0 spiro atoms. The maximum absolute atomic E-state index is 14.0. The van der Waals surface area contributed by atoms with Crippen molar-refractivity contribution in [1.82, 2.24) is 10.6 Å². The maximum atomic E-state index is 14.0. The number of methoxy groups -OCH3 is 1. The Labute approximate surface area is 164 Å². The average molecular weight is 388 g/mol. The molecule has 0 saturated carbocycles. The molecule has 1 unspecified atom stereocenters. The summed E-state index contributed by atoms with van der Waals surface area (Å²) in [6.07, 6.45) is 1.63. The SMILES string of the molecule is CN=C(NCCc1ccc(OC)cc1)NC1CCN(c2c(F)cccc2F)C1. The number of nitrogens with zero attached hydrogens (tertiary/aromatic N) is 2. The van der Waals surface area contributed by atoms with Crippen LogP contribution in [0, 0.1) is 11.6 Å². The molecular formula is C21H26F2N4O.